The summed E-state index contributed by atoms with van der Waals surface area (Å²) in [5.41, 5.74) is 3.69. The zero-order valence-electron chi connectivity index (χ0n) is 18.9. The van der Waals surface area contributed by atoms with Crippen LogP contribution in [0.1, 0.15) is 43.0 Å². The van der Waals surface area contributed by atoms with Gasteiger partial charge in [0, 0.05) is 51.8 Å². The van der Waals surface area contributed by atoms with E-state index in [0.717, 1.165) is 30.9 Å². The van der Waals surface area contributed by atoms with Gasteiger partial charge in [0.1, 0.15) is 0 Å². The van der Waals surface area contributed by atoms with E-state index in [4.69, 9.17) is 4.98 Å². The summed E-state index contributed by atoms with van der Waals surface area (Å²) < 4.78 is 0. The van der Waals surface area contributed by atoms with Crippen molar-refractivity contribution in [2.75, 3.05) is 43.0 Å². The molecule has 7 heteroatoms. The molecule has 1 aromatic heterocycles. The number of benzene rings is 1. The van der Waals surface area contributed by atoms with E-state index < -0.39 is 0 Å². The first-order valence-electron chi connectivity index (χ1n) is 11.3. The van der Waals surface area contributed by atoms with Gasteiger partial charge in [0.2, 0.25) is 11.9 Å². The van der Waals surface area contributed by atoms with Gasteiger partial charge >= 0.3 is 0 Å². The molecule has 0 radical (unpaired) electrons. The molecule has 1 fully saturated rings. The van der Waals surface area contributed by atoms with E-state index in [1.54, 1.807) is 4.90 Å². The van der Waals surface area contributed by atoms with Gasteiger partial charge in [-0.1, -0.05) is 19.1 Å². The van der Waals surface area contributed by atoms with Gasteiger partial charge in [0.25, 0.3) is 5.56 Å². The maximum absolute atomic E-state index is 12.8. The molecule has 4 rings (SSSR count). The summed E-state index contributed by atoms with van der Waals surface area (Å²) in [6, 6.07) is 8.27. The van der Waals surface area contributed by atoms with Gasteiger partial charge in [-0.2, -0.15) is 0 Å². The highest BCUT2D eigenvalue weighted by Gasteiger charge is 2.26. The summed E-state index contributed by atoms with van der Waals surface area (Å²) in [6.07, 6.45) is 3.41. The predicted molar refractivity (Wildman–Crippen MR) is 124 cm³/mol. The van der Waals surface area contributed by atoms with Crippen LogP contribution in [0.15, 0.2) is 29.1 Å². The molecule has 1 saturated heterocycles. The van der Waals surface area contributed by atoms with E-state index >= 15 is 0 Å². The number of amides is 1. The van der Waals surface area contributed by atoms with Crippen molar-refractivity contribution in [3.63, 3.8) is 0 Å². The van der Waals surface area contributed by atoms with Crippen molar-refractivity contribution in [2.45, 2.75) is 46.1 Å². The fourth-order valence-electron chi connectivity index (χ4n) is 4.57. The van der Waals surface area contributed by atoms with Crippen molar-refractivity contribution >= 4 is 17.5 Å². The van der Waals surface area contributed by atoms with Crippen LogP contribution >= 0.6 is 0 Å². The van der Waals surface area contributed by atoms with Crippen LogP contribution in [0.4, 0.5) is 11.6 Å². The number of fused-ring (bicyclic) bond motifs is 1. The second-order valence-electron chi connectivity index (χ2n) is 9.08. The quantitative estimate of drug-likeness (QED) is 0.801. The Hall–Kier alpha value is -2.83. The van der Waals surface area contributed by atoms with Crippen molar-refractivity contribution < 1.29 is 4.79 Å². The summed E-state index contributed by atoms with van der Waals surface area (Å²) >= 11 is 0. The molecule has 0 unspecified atom stereocenters. The Morgan fingerprint density at radius 1 is 1.32 bits per heavy atom. The lowest BCUT2D eigenvalue weighted by Crippen LogP contribution is -2.42. The zero-order valence-corrected chi connectivity index (χ0v) is 18.9. The van der Waals surface area contributed by atoms with E-state index in [2.05, 4.69) is 46.8 Å². The lowest BCUT2D eigenvalue weighted by atomic mass is 10.0. The summed E-state index contributed by atoms with van der Waals surface area (Å²) in [5.74, 6) is 1.38. The zero-order chi connectivity index (χ0) is 22.0. The number of hydrogen-bond acceptors (Lipinski definition) is 5. The van der Waals surface area contributed by atoms with Gasteiger partial charge in [-0.3, -0.25) is 14.6 Å². The number of carbonyl (C=O) groups excluding carboxylic acids is 1. The third kappa shape index (κ3) is 4.92. The Labute approximate surface area is 184 Å². The van der Waals surface area contributed by atoms with Crippen LogP contribution in [0, 0.1) is 12.8 Å². The fraction of sp³-hybridized carbons (Fsp3) is 0.542. The number of anilines is 2. The minimum Gasteiger partial charge on any atom is -0.374 e. The molecule has 166 valence electrons. The number of aromatic amines is 1. The molecule has 2 aliphatic rings. The van der Waals surface area contributed by atoms with Gasteiger partial charge in [-0.15, -0.1) is 0 Å². The van der Waals surface area contributed by atoms with Crippen LogP contribution in [0.5, 0.6) is 0 Å². The Balaban J connectivity index is 1.39. The highest BCUT2D eigenvalue weighted by atomic mass is 16.2. The van der Waals surface area contributed by atoms with Crippen LogP contribution in [0.3, 0.4) is 0 Å². The molecule has 7 nitrogen and oxygen atoms in total. The van der Waals surface area contributed by atoms with Crippen LogP contribution in [0.2, 0.25) is 0 Å². The molecule has 1 aromatic carbocycles. The molecule has 0 spiro atoms. The molecular weight excluding hydrogens is 390 g/mol. The number of nitrogens with zero attached hydrogens (tertiary/aromatic N) is 4. The number of hydrogen-bond donors (Lipinski definition) is 1. The van der Waals surface area contributed by atoms with Crippen LogP contribution in [0.25, 0.3) is 0 Å². The average molecular weight is 424 g/mol. The Kier molecular flexibility index (Phi) is 6.30. The molecule has 0 aliphatic carbocycles. The number of aromatic nitrogens is 2. The summed E-state index contributed by atoms with van der Waals surface area (Å²) in [6.45, 7) is 7.78. The van der Waals surface area contributed by atoms with E-state index in [1.165, 1.54) is 12.0 Å². The highest BCUT2D eigenvalue weighted by Crippen LogP contribution is 2.22. The lowest BCUT2D eigenvalue weighted by molar-refractivity contribution is -0.131. The minimum atomic E-state index is -0.104. The monoisotopic (exact) mass is 423 g/mol. The molecule has 2 aromatic rings. The van der Waals surface area contributed by atoms with Gasteiger partial charge in [-0.25, -0.2) is 4.98 Å². The number of aryl methyl sites for hydroxylation is 1. The molecule has 2 aliphatic heterocycles. The maximum Gasteiger partial charge on any atom is 0.257 e. The van der Waals surface area contributed by atoms with Crippen molar-refractivity contribution in [3.05, 3.63) is 51.4 Å². The van der Waals surface area contributed by atoms with Gasteiger partial charge in [-0.05, 0) is 43.4 Å². The van der Waals surface area contributed by atoms with E-state index in [-0.39, 0.29) is 11.5 Å². The topological polar surface area (TPSA) is 72.5 Å². The summed E-state index contributed by atoms with van der Waals surface area (Å²) in [7, 11) is 2.01. The smallest absolute Gasteiger partial charge is 0.257 e. The van der Waals surface area contributed by atoms with E-state index in [1.807, 2.05) is 13.1 Å². The fourth-order valence-corrected chi connectivity index (χ4v) is 4.57. The number of carbonyl (C=O) groups is 1. The molecule has 0 bridgehead atoms. The van der Waals surface area contributed by atoms with Gasteiger partial charge < -0.3 is 14.7 Å². The van der Waals surface area contributed by atoms with E-state index in [9.17, 15) is 9.59 Å². The minimum absolute atomic E-state index is 0.0819. The van der Waals surface area contributed by atoms with Crippen molar-refractivity contribution in [2.24, 2.45) is 5.92 Å². The molecule has 31 heavy (non-hydrogen) atoms. The predicted octanol–water partition coefficient (Wildman–Crippen LogP) is 2.73. The number of nitrogens with one attached hydrogen (secondary N) is 1. The van der Waals surface area contributed by atoms with Gasteiger partial charge in [0.15, 0.2) is 0 Å². The van der Waals surface area contributed by atoms with Crippen LogP contribution < -0.4 is 15.4 Å². The SMILES string of the molecule is Cc1cccc(N(C)CCC(=O)N2CCc3nc(N4CCC[C@H](C)C4)[nH]c(=O)c3C2)c1. The Morgan fingerprint density at radius 2 is 2.16 bits per heavy atom. The molecule has 1 atom stereocenters. The normalized spacial score (nSPS) is 18.6. The highest BCUT2D eigenvalue weighted by molar-refractivity contribution is 5.77. The van der Waals surface area contributed by atoms with Crippen LogP contribution in [-0.2, 0) is 17.8 Å². The summed E-state index contributed by atoms with van der Waals surface area (Å²) in [4.78, 5) is 39.5. The largest absolute Gasteiger partial charge is 0.374 e. The third-order valence-electron chi connectivity index (χ3n) is 6.47. The first kappa shape index (κ1) is 21.4. The lowest BCUT2D eigenvalue weighted by Gasteiger charge is -2.33. The average Bonchev–Trinajstić information content (AvgIpc) is 2.77. The molecule has 1 amide bonds. The molecule has 0 saturated carbocycles. The first-order valence-corrected chi connectivity index (χ1v) is 11.3. The number of piperidine rings is 1. The number of rotatable bonds is 5. The standard InChI is InChI=1S/C24H33N5O2/c1-17-6-4-8-19(14-17)27(3)12-10-22(30)28-13-9-21-20(16-28)23(31)26-24(25-21)29-11-5-7-18(2)15-29/h4,6,8,14,18H,5,7,9-13,15-16H2,1-3H3,(H,25,26,31)/t18-/m0/s1. The maximum atomic E-state index is 12.8. The van der Waals surface area contributed by atoms with E-state index in [0.29, 0.717) is 49.9 Å². The summed E-state index contributed by atoms with van der Waals surface area (Å²) in [5, 5.41) is 0. The second kappa shape index (κ2) is 9.12. The van der Waals surface area contributed by atoms with Crippen molar-refractivity contribution in [3.8, 4) is 0 Å². The molecular formula is C24H33N5O2. The Morgan fingerprint density at radius 3 is 2.94 bits per heavy atom. The second-order valence-corrected chi connectivity index (χ2v) is 9.08. The first-order chi connectivity index (χ1) is 14.9. The number of H-pyrrole nitrogens is 1. The van der Waals surface area contributed by atoms with Gasteiger partial charge in [0.05, 0.1) is 17.8 Å². The van der Waals surface area contributed by atoms with Crippen molar-refractivity contribution in [1.82, 2.24) is 14.9 Å². The van der Waals surface area contributed by atoms with Crippen molar-refractivity contribution in [1.29, 1.82) is 0 Å². The molecule has 3 heterocycles. The van der Waals surface area contributed by atoms with Crippen LogP contribution in [-0.4, -0.2) is 54.0 Å². The third-order valence-corrected chi connectivity index (χ3v) is 6.47. The molecule has 1 N–H and O–H groups in total. The Bertz CT molecular complexity index is 1000.